The van der Waals surface area contributed by atoms with Gasteiger partial charge in [0.05, 0.1) is 12.0 Å². The summed E-state index contributed by atoms with van der Waals surface area (Å²) in [4.78, 5) is 35.3. The third-order valence-electron chi connectivity index (χ3n) is 4.32. The van der Waals surface area contributed by atoms with Crippen LogP contribution in [-0.4, -0.2) is 30.0 Å². The van der Waals surface area contributed by atoms with Gasteiger partial charge in [0.15, 0.2) is 18.1 Å². The first kappa shape index (κ1) is 20.2. The Morgan fingerprint density at radius 2 is 2.21 bits per heavy atom. The number of nitriles is 1. The number of amides is 1. The predicted molar refractivity (Wildman–Crippen MR) is 96.6 cm³/mol. The molecule has 2 aromatic rings. The number of aryl methyl sites for hydroxylation is 1. The minimum Gasteiger partial charge on any atom is -0.534 e. The second-order valence-corrected chi connectivity index (χ2v) is 6.35. The summed E-state index contributed by atoms with van der Waals surface area (Å²) in [5.74, 6) is -2.28. The van der Waals surface area contributed by atoms with Crippen molar-refractivity contribution in [3.63, 3.8) is 0 Å². The van der Waals surface area contributed by atoms with Crippen LogP contribution in [0.25, 0.3) is 0 Å². The molecule has 0 unspecified atom stereocenters. The standard InChI is InChI=1S/C18H17BN2O8/c1-10-13(28-18(24)27-10)9-26-17(23)12-5-2-4-11-8-14(19(25)29-16(11)12)21-15(22)6-3-7-20/h2,4-5,14,25H,3,6,8-9H2,1H3,(H,21,22)/t14-/m0/s1. The Morgan fingerprint density at radius 1 is 1.41 bits per heavy atom. The zero-order chi connectivity index (χ0) is 21.0. The second-order valence-electron chi connectivity index (χ2n) is 6.35. The topological polar surface area (TPSA) is 152 Å². The molecular weight excluding hydrogens is 383 g/mol. The zero-order valence-electron chi connectivity index (χ0n) is 15.5. The van der Waals surface area contributed by atoms with Gasteiger partial charge in [0.2, 0.25) is 5.91 Å². The molecule has 3 rings (SSSR count). The van der Waals surface area contributed by atoms with Crippen LogP contribution in [0.3, 0.4) is 0 Å². The number of ether oxygens (including phenoxy) is 1. The molecule has 29 heavy (non-hydrogen) atoms. The molecule has 0 aliphatic carbocycles. The van der Waals surface area contributed by atoms with Crippen LogP contribution in [0, 0.1) is 18.3 Å². The molecule has 11 heteroatoms. The Bertz CT molecular complexity index is 1020. The van der Waals surface area contributed by atoms with E-state index >= 15 is 0 Å². The highest BCUT2D eigenvalue weighted by Gasteiger charge is 2.37. The van der Waals surface area contributed by atoms with E-state index in [0.717, 1.165) is 0 Å². The van der Waals surface area contributed by atoms with Gasteiger partial charge in [0.1, 0.15) is 11.3 Å². The van der Waals surface area contributed by atoms with E-state index in [2.05, 4.69) is 5.32 Å². The summed E-state index contributed by atoms with van der Waals surface area (Å²) >= 11 is 0. The Labute approximate surface area is 165 Å². The average Bonchev–Trinajstić information content (AvgIpc) is 3.01. The van der Waals surface area contributed by atoms with Crippen molar-refractivity contribution in [3.05, 3.63) is 51.5 Å². The van der Waals surface area contributed by atoms with Crippen molar-refractivity contribution in [2.45, 2.75) is 38.7 Å². The summed E-state index contributed by atoms with van der Waals surface area (Å²) < 4.78 is 20.1. The van der Waals surface area contributed by atoms with Crippen LogP contribution in [0.4, 0.5) is 0 Å². The lowest BCUT2D eigenvalue weighted by Gasteiger charge is -2.29. The van der Waals surface area contributed by atoms with Gasteiger partial charge in [-0.25, -0.2) is 9.59 Å². The molecule has 0 fully saturated rings. The van der Waals surface area contributed by atoms with E-state index in [1.54, 1.807) is 12.1 Å². The van der Waals surface area contributed by atoms with E-state index < -0.39 is 24.9 Å². The molecule has 1 aromatic carbocycles. The van der Waals surface area contributed by atoms with Gasteiger partial charge in [-0.15, -0.1) is 0 Å². The van der Waals surface area contributed by atoms with Gasteiger partial charge < -0.3 is 28.6 Å². The smallest absolute Gasteiger partial charge is 0.534 e. The molecule has 10 nitrogen and oxygen atoms in total. The number of nitrogens with zero attached hydrogens (tertiary/aromatic N) is 1. The fourth-order valence-corrected chi connectivity index (χ4v) is 2.87. The monoisotopic (exact) mass is 400 g/mol. The maximum atomic E-state index is 12.5. The number of esters is 1. The number of carbonyl (C=O) groups excluding carboxylic acids is 2. The predicted octanol–water partition coefficient (Wildman–Crippen LogP) is 0.641. The average molecular weight is 400 g/mol. The van der Waals surface area contributed by atoms with Crippen molar-refractivity contribution in [2.24, 2.45) is 0 Å². The number of benzene rings is 1. The first-order valence-corrected chi connectivity index (χ1v) is 8.78. The summed E-state index contributed by atoms with van der Waals surface area (Å²) in [6.07, 6.45) is 0.312. The Morgan fingerprint density at radius 3 is 2.90 bits per heavy atom. The number of hydrogen-bond donors (Lipinski definition) is 2. The molecule has 0 spiro atoms. The van der Waals surface area contributed by atoms with Gasteiger partial charge in [-0.2, -0.15) is 5.26 Å². The van der Waals surface area contributed by atoms with Crippen LogP contribution in [0.5, 0.6) is 5.75 Å². The van der Waals surface area contributed by atoms with E-state index in [9.17, 15) is 19.4 Å². The Kier molecular flexibility index (Phi) is 6.04. The molecule has 2 N–H and O–H groups in total. The molecule has 1 aliphatic rings. The largest absolute Gasteiger partial charge is 0.547 e. The van der Waals surface area contributed by atoms with E-state index in [-0.39, 0.29) is 54.6 Å². The highest BCUT2D eigenvalue weighted by Crippen LogP contribution is 2.31. The highest BCUT2D eigenvalue weighted by atomic mass is 16.6. The fourth-order valence-electron chi connectivity index (χ4n) is 2.87. The molecule has 1 amide bonds. The number of rotatable bonds is 6. The van der Waals surface area contributed by atoms with Gasteiger partial charge >= 0.3 is 18.9 Å². The van der Waals surface area contributed by atoms with Gasteiger partial charge in [-0.3, -0.25) is 4.79 Å². The molecule has 0 saturated heterocycles. The van der Waals surface area contributed by atoms with Gasteiger partial charge in [-0.1, -0.05) is 12.1 Å². The van der Waals surface area contributed by atoms with Gasteiger partial charge in [-0.05, 0) is 25.0 Å². The van der Waals surface area contributed by atoms with Gasteiger partial charge in [0.25, 0.3) is 0 Å². The molecule has 1 aliphatic heterocycles. The summed E-state index contributed by atoms with van der Waals surface area (Å²) in [5.41, 5.74) is 0.681. The van der Waals surface area contributed by atoms with Crippen molar-refractivity contribution in [1.82, 2.24) is 5.32 Å². The quantitative estimate of drug-likeness (QED) is 0.526. The van der Waals surface area contributed by atoms with Crippen LogP contribution < -0.4 is 15.8 Å². The lowest BCUT2D eigenvalue weighted by molar-refractivity contribution is -0.121. The van der Waals surface area contributed by atoms with E-state index in [1.165, 1.54) is 13.0 Å². The van der Waals surface area contributed by atoms with Crippen LogP contribution in [-0.2, 0) is 22.6 Å². The third kappa shape index (κ3) is 4.67. The first-order valence-electron chi connectivity index (χ1n) is 8.78. The maximum absolute atomic E-state index is 12.5. The lowest BCUT2D eigenvalue weighted by Crippen LogP contribution is -2.53. The summed E-state index contributed by atoms with van der Waals surface area (Å²) in [6, 6.07) is 6.67. The summed E-state index contributed by atoms with van der Waals surface area (Å²) in [5, 5.41) is 21.4. The molecule has 150 valence electrons. The van der Waals surface area contributed by atoms with E-state index in [4.69, 9.17) is 23.5 Å². The normalized spacial score (nSPS) is 15.1. The van der Waals surface area contributed by atoms with Gasteiger partial charge in [0, 0.05) is 12.8 Å². The molecule has 2 heterocycles. The fraction of sp³-hybridized carbons (Fsp3) is 0.333. The summed E-state index contributed by atoms with van der Waals surface area (Å²) in [7, 11) is -1.38. The third-order valence-corrected chi connectivity index (χ3v) is 4.32. The van der Waals surface area contributed by atoms with E-state index in [1.807, 2.05) is 6.07 Å². The van der Waals surface area contributed by atoms with Crippen LogP contribution in [0.2, 0.25) is 0 Å². The van der Waals surface area contributed by atoms with Crippen LogP contribution in [0.1, 0.15) is 40.3 Å². The number of para-hydroxylation sites is 1. The van der Waals surface area contributed by atoms with Crippen LogP contribution in [0.15, 0.2) is 31.8 Å². The SMILES string of the molecule is Cc1oc(=O)oc1COC(=O)c1cccc2c1OB(O)[C@@H](NC(=O)CCC#N)C2. The Balaban J connectivity index is 1.71. The molecular formula is C18H17BN2O8. The van der Waals surface area contributed by atoms with Crippen LogP contribution >= 0.6 is 0 Å². The minimum atomic E-state index is -1.38. The number of nitrogens with one attached hydrogen (secondary N) is 1. The summed E-state index contributed by atoms with van der Waals surface area (Å²) in [6.45, 7) is 1.20. The second kappa shape index (κ2) is 8.66. The van der Waals surface area contributed by atoms with Crippen molar-refractivity contribution in [2.75, 3.05) is 0 Å². The maximum Gasteiger partial charge on any atom is 0.547 e. The first-order chi connectivity index (χ1) is 13.9. The van der Waals surface area contributed by atoms with Crippen molar-refractivity contribution in [1.29, 1.82) is 5.26 Å². The molecule has 0 saturated carbocycles. The number of hydrogen-bond acceptors (Lipinski definition) is 9. The Hall–Kier alpha value is -3.52. The van der Waals surface area contributed by atoms with Crippen molar-refractivity contribution in [3.8, 4) is 11.8 Å². The van der Waals surface area contributed by atoms with Crippen molar-refractivity contribution < 1.29 is 32.8 Å². The number of carbonyl (C=O) groups is 2. The molecule has 0 bridgehead atoms. The molecule has 1 atom stereocenters. The lowest BCUT2D eigenvalue weighted by atomic mass is 9.72. The molecule has 1 aromatic heterocycles. The zero-order valence-corrected chi connectivity index (χ0v) is 15.5. The van der Waals surface area contributed by atoms with E-state index in [0.29, 0.717) is 5.56 Å². The number of fused-ring (bicyclic) bond motifs is 1. The molecule has 0 radical (unpaired) electrons. The minimum absolute atomic E-state index is 0.0164. The van der Waals surface area contributed by atoms with Crippen molar-refractivity contribution >= 4 is 19.0 Å². The highest BCUT2D eigenvalue weighted by molar-refractivity contribution is 6.47.